The third kappa shape index (κ3) is 6.39. The fourth-order valence-corrected chi connectivity index (χ4v) is 4.62. The summed E-state index contributed by atoms with van der Waals surface area (Å²) in [5.74, 6) is 0. The van der Waals surface area contributed by atoms with Crippen LogP contribution in [0.1, 0.15) is 72.1 Å². The molecule has 1 N–H and O–H groups in total. The van der Waals surface area contributed by atoms with Crippen LogP contribution >= 0.6 is 0 Å². The molecule has 0 saturated carbocycles. The van der Waals surface area contributed by atoms with Crippen molar-refractivity contribution in [2.75, 3.05) is 19.6 Å². The van der Waals surface area contributed by atoms with E-state index in [1.165, 1.54) is 71.0 Å². The Kier molecular flexibility index (Phi) is 9.78. The van der Waals surface area contributed by atoms with E-state index in [0.29, 0.717) is 6.29 Å². The second kappa shape index (κ2) is 10.8. The Bertz CT molecular complexity index is 198. The van der Waals surface area contributed by atoms with Crippen molar-refractivity contribution in [2.45, 2.75) is 78.4 Å². The average molecular weight is 286 g/mol. The minimum Gasteiger partial charge on any atom is -0.290 e. The van der Waals surface area contributed by atoms with Gasteiger partial charge < -0.3 is 0 Å². The molecule has 114 valence electrons. The fourth-order valence-electron chi connectivity index (χ4n) is 2.70. The highest BCUT2D eigenvalue weighted by Crippen LogP contribution is 2.16. The van der Waals surface area contributed by atoms with Gasteiger partial charge in [-0.2, -0.15) is 0 Å². The molecule has 1 aliphatic heterocycles. The van der Waals surface area contributed by atoms with Crippen LogP contribution in [-0.2, 0) is 0 Å². The molecule has 0 atom stereocenters. The third-order valence-electron chi connectivity index (χ3n) is 4.01. The van der Waals surface area contributed by atoms with Gasteiger partial charge in [-0.15, -0.1) is 0 Å². The van der Waals surface area contributed by atoms with Crippen molar-refractivity contribution in [1.29, 1.82) is 0 Å². The molecule has 0 amide bonds. The van der Waals surface area contributed by atoms with Crippen molar-refractivity contribution in [3.8, 4) is 0 Å². The number of hydrogen-bond donors (Lipinski definition) is 1. The van der Waals surface area contributed by atoms with Crippen LogP contribution in [-0.4, -0.2) is 44.9 Å². The van der Waals surface area contributed by atoms with E-state index in [0.717, 1.165) is 0 Å². The van der Waals surface area contributed by atoms with Crippen LogP contribution in [0.2, 0.25) is 0 Å². The van der Waals surface area contributed by atoms with Crippen molar-refractivity contribution < 1.29 is 0 Å². The van der Waals surface area contributed by atoms with Gasteiger partial charge in [-0.1, -0.05) is 52.9 Å². The van der Waals surface area contributed by atoms with Crippen LogP contribution in [0.25, 0.3) is 0 Å². The molecule has 1 heterocycles. The van der Waals surface area contributed by atoms with Crippen molar-refractivity contribution in [3.63, 3.8) is 0 Å². The van der Waals surface area contributed by atoms with Crippen LogP contribution in [0.5, 0.6) is 0 Å². The largest absolute Gasteiger partial charge is 0.290 e. The quantitative estimate of drug-likeness (QED) is 0.439. The molecule has 0 spiro atoms. The van der Waals surface area contributed by atoms with Gasteiger partial charge in [0.05, 0.1) is 0 Å². The monoisotopic (exact) mass is 285 g/mol. The molecule has 1 fully saturated rings. The molecule has 3 nitrogen and oxygen atoms in total. The van der Waals surface area contributed by atoms with Gasteiger partial charge in [0, 0.05) is 0 Å². The van der Waals surface area contributed by atoms with Gasteiger partial charge >= 0.3 is 0 Å². The zero-order valence-corrected chi connectivity index (χ0v) is 14.9. The zero-order chi connectivity index (χ0) is 13.9. The summed E-state index contributed by atoms with van der Waals surface area (Å²) >= 11 is 0. The Morgan fingerprint density at radius 1 is 0.789 bits per heavy atom. The molecule has 0 unspecified atom stereocenters. The normalized spacial score (nSPS) is 21.9. The first-order valence-electron chi connectivity index (χ1n) is 8.54. The molecule has 0 aliphatic carbocycles. The maximum Gasteiger partial charge on any atom is 0.177 e. The minimum atomic E-state index is -0.101. The first-order chi connectivity index (χ1) is 9.33. The second-order valence-electron chi connectivity index (χ2n) is 5.86. The Hall–Kier alpha value is 0.0969. The Morgan fingerprint density at radius 3 is 1.79 bits per heavy atom. The van der Waals surface area contributed by atoms with Crippen molar-refractivity contribution >= 4 is 9.84 Å². The Morgan fingerprint density at radius 2 is 1.32 bits per heavy atom. The second-order valence-corrected chi connectivity index (χ2v) is 7.77. The molecule has 0 aromatic carbocycles. The zero-order valence-electron chi connectivity index (χ0n) is 13.5. The van der Waals surface area contributed by atoms with E-state index < -0.39 is 0 Å². The van der Waals surface area contributed by atoms with Crippen LogP contribution in [0.4, 0.5) is 0 Å². The minimum absolute atomic E-state index is 0.101. The van der Waals surface area contributed by atoms with Gasteiger partial charge in [0.2, 0.25) is 0 Å². The summed E-state index contributed by atoms with van der Waals surface area (Å²) in [6.07, 6.45) is 11.4. The van der Waals surface area contributed by atoms with E-state index in [9.17, 15) is 0 Å². The molecular weight excluding hydrogens is 250 g/mol. The lowest BCUT2D eigenvalue weighted by atomic mass is 10.2. The molecule has 4 heteroatoms. The lowest BCUT2D eigenvalue weighted by Crippen LogP contribution is -2.72. The first kappa shape index (κ1) is 17.1. The molecule has 0 aromatic rings. The van der Waals surface area contributed by atoms with E-state index in [2.05, 4.69) is 35.2 Å². The van der Waals surface area contributed by atoms with Gasteiger partial charge in [0.25, 0.3) is 0 Å². The number of nitrogens with one attached hydrogen (secondary N) is 1. The standard InChI is InChI=1S/C15H35N3Si/c1-4-7-10-13-17-15(16-12-9-6-3)18(19-17)14-11-8-5-2/h15-16H,4-14,19H2,1-3H3. The van der Waals surface area contributed by atoms with Gasteiger partial charge in [-0.05, 0) is 38.9 Å². The summed E-state index contributed by atoms with van der Waals surface area (Å²) < 4.78 is 5.49. The third-order valence-corrected chi connectivity index (χ3v) is 6.06. The van der Waals surface area contributed by atoms with Crippen molar-refractivity contribution in [2.24, 2.45) is 0 Å². The molecule has 0 aromatic heterocycles. The number of rotatable bonds is 12. The van der Waals surface area contributed by atoms with Crippen molar-refractivity contribution in [3.05, 3.63) is 0 Å². The maximum absolute atomic E-state index is 3.76. The van der Waals surface area contributed by atoms with Gasteiger partial charge in [0.1, 0.15) is 6.29 Å². The SMILES string of the molecule is CCCCCN1[SiH2]N(CCCCC)C1NCCCC. The van der Waals surface area contributed by atoms with Gasteiger partial charge in [-0.3, -0.25) is 14.4 Å². The number of hydrogen-bond acceptors (Lipinski definition) is 3. The summed E-state index contributed by atoms with van der Waals surface area (Å²) in [5, 5.41) is 3.76. The summed E-state index contributed by atoms with van der Waals surface area (Å²) in [6.45, 7) is 10.7. The van der Waals surface area contributed by atoms with E-state index in [-0.39, 0.29) is 9.84 Å². The molecule has 1 aliphatic rings. The topological polar surface area (TPSA) is 18.5 Å². The van der Waals surface area contributed by atoms with Gasteiger partial charge in [-0.25, -0.2) is 0 Å². The predicted octanol–water partition coefficient (Wildman–Crippen LogP) is 2.66. The molecule has 1 rings (SSSR count). The van der Waals surface area contributed by atoms with Crippen LogP contribution in [0.3, 0.4) is 0 Å². The van der Waals surface area contributed by atoms with E-state index in [4.69, 9.17) is 0 Å². The smallest absolute Gasteiger partial charge is 0.177 e. The molecule has 19 heavy (non-hydrogen) atoms. The average Bonchev–Trinajstić information content (AvgIpc) is 2.41. The molecule has 0 bridgehead atoms. The summed E-state index contributed by atoms with van der Waals surface area (Å²) in [4.78, 5) is 0. The highest BCUT2D eigenvalue weighted by molar-refractivity contribution is 6.32. The van der Waals surface area contributed by atoms with E-state index in [1.807, 2.05) is 0 Å². The predicted molar refractivity (Wildman–Crippen MR) is 87.7 cm³/mol. The van der Waals surface area contributed by atoms with Gasteiger partial charge in [0.15, 0.2) is 9.84 Å². The summed E-state index contributed by atoms with van der Waals surface area (Å²) in [5.41, 5.74) is 0. The molecule has 1 saturated heterocycles. The van der Waals surface area contributed by atoms with E-state index >= 15 is 0 Å². The summed E-state index contributed by atoms with van der Waals surface area (Å²) in [7, 11) is -0.101. The lowest BCUT2D eigenvalue weighted by Gasteiger charge is -2.51. The Balaban J connectivity index is 2.24. The lowest BCUT2D eigenvalue weighted by molar-refractivity contribution is 0.0614. The van der Waals surface area contributed by atoms with E-state index in [1.54, 1.807) is 0 Å². The summed E-state index contributed by atoms with van der Waals surface area (Å²) in [6, 6.07) is 0. The fraction of sp³-hybridized carbons (Fsp3) is 1.00. The van der Waals surface area contributed by atoms with Crippen LogP contribution < -0.4 is 5.32 Å². The highest BCUT2D eigenvalue weighted by Gasteiger charge is 2.34. The molecular formula is C15H35N3Si. The number of unbranched alkanes of at least 4 members (excludes halogenated alkanes) is 5. The highest BCUT2D eigenvalue weighted by atomic mass is 28.2. The van der Waals surface area contributed by atoms with Crippen LogP contribution in [0, 0.1) is 0 Å². The first-order valence-corrected chi connectivity index (χ1v) is 9.81. The molecule has 0 radical (unpaired) electrons. The van der Waals surface area contributed by atoms with Crippen LogP contribution in [0.15, 0.2) is 0 Å². The number of nitrogens with zero attached hydrogens (tertiary/aromatic N) is 2. The van der Waals surface area contributed by atoms with Crippen molar-refractivity contribution in [1.82, 2.24) is 14.4 Å². The Labute approximate surface area is 123 Å². The maximum atomic E-state index is 3.76.